The Morgan fingerprint density at radius 1 is 0.973 bits per heavy atom. The highest BCUT2D eigenvalue weighted by Gasteiger charge is 2.32. The third kappa shape index (κ3) is 4.23. The van der Waals surface area contributed by atoms with Crippen LogP contribution in [-0.4, -0.2) is 45.8 Å². The molecule has 1 saturated heterocycles. The van der Waals surface area contributed by atoms with Gasteiger partial charge in [0.05, 0.1) is 22.8 Å². The first-order valence-corrected chi connectivity index (χ1v) is 13.3. The number of hydrogen-bond acceptors (Lipinski definition) is 5. The van der Waals surface area contributed by atoms with Crippen molar-refractivity contribution in [2.45, 2.75) is 50.3 Å². The lowest BCUT2D eigenvalue weighted by atomic mass is 10.0. The summed E-state index contributed by atoms with van der Waals surface area (Å²) in [5, 5.41) is 16.7. The van der Waals surface area contributed by atoms with Crippen molar-refractivity contribution >= 4 is 34.0 Å². The molecule has 7 heteroatoms. The van der Waals surface area contributed by atoms with Gasteiger partial charge in [0.2, 0.25) is 5.91 Å². The number of aromatic nitrogens is 2. The molecule has 3 N–H and O–H groups in total. The van der Waals surface area contributed by atoms with E-state index < -0.39 is 6.04 Å². The second kappa shape index (κ2) is 8.92. The molecule has 1 amide bonds. The topological polar surface area (TPSA) is 82.4 Å². The van der Waals surface area contributed by atoms with Crippen molar-refractivity contribution in [2.24, 2.45) is 0 Å². The Kier molecular flexibility index (Phi) is 5.39. The summed E-state index contributed by atoms with van der Waals surface area (Å²) in [5.74, 6) is 0.787. The van der Waals surface area contributed by atoms with E-state index in [1.807, 2.05) is 30.3 Å². The van der Waals surface area contributed by atoms with Gasteiger partial charge in [-0.1, -0.05) is 30.3 Å². The van der Waals surface area contributed by atoms with E-state index in [0.29, 0.717) is 12.5 Å². The fourth-order valence-corrected chi connectivity index (χ4v) is 5.66. The van der Waals surface area contributed by atoms with E-state index in [2.05, 4.69) is 56.5 Å². The first-order chi connectivity index (χ1) is 18.1. The zero-order chi connectivity index (χ0) is 24.9. The second-order valence-electron chi connectivity index (χ2n) is 10.6. The van der Waals surface area contributed by atoms with Gasteiger partial charge in [-0.15, -0.1) is 0 Å². The second-order valence-corrected chi connectivity index (χ2v) is 10.6. The Hall–Kier alpha value is -3.84. The Morgan fingerprint density at radius 2 is 1.78 bits per heavy atom. The van der Waals surface area contributed by atoms with Gasteiger partial charge in [-0.3, -0.25) is 4.79 Å². The Balaban J connectivity index is 1.36. The van der Waals surface area contributed by atoms with Crippen molar-refractivity contribution in [3.05, 3.63) is 72.3 Å². The number of hydrogen-bond donors (Lipinski definition) is 3. The molecule has 1 aliphatic carbocycles. The molecule has 2 fully saturated rings. The van der Waals surface area contributed by atoms with E-state index in [1.165, 1.54) is 12.8 Å². The number of anilines is 3. The minimum absolute atomic E-state index is 0.0276. The standard InChI is InChI=1S/C30H31N5O2/c36-23-12-14-34(15-13-23)22-9-11-27-26(18-22)32-29-24-17-21(31-20-6-7-20)8-10-25(24)33-30(37)28(35(27)29)16-19-4-2-1-3-5-19/h1-5,8-11,17-18,20,23,28,31,36H,6-7,12-16H2,(H,33,37). The number of amides is 1. The van der Waals surface area contributed by atoms with Gasteiger partial charge < -0.3 is 25.2 Å². The van der Waals surface area contributed by atoms with Crippen molar-refractivity contribution in [1.82, 2.24) is 9.55 Å². The maximum atomic E-state index is 13.7. The minimum atomic E-state index is -0.425. The first kappa shape index (κ1) is 22.4. The molecule has 7 nitrogen and oxygen atoms in total. The Labute approximate surface area is 216 Å². The maximum absolute atomic E-state index is 13.7. The van der Waals surface area contributed by atoms with Gasteiger partial charge in [-0.2, -0.15) is 0 Å². The van der Waals surface area contributed by atoms with Crippen LogP contribution in [0.5, 0.6) is 0 Å². The molecule has 0 bridgehead atoms. The van der Waals surface area contributed by atoms with Crippen LogP contribution in [0, 0.1) is 0 Å². The van der Waals surface area contributed by atoms with Crippen molar-refractivity contribution in [2.75, 3.05) is 28.6 Å². The highest BCUT2D eigenvalue weighted by molar-refractivity contribution is 6.02. The maximum Gasteiger partial charge on any atom is 0.247 e. The van der Waals surface area contributed by atoms with Crippen molar-refractivity contribution < 1.29 is 9.90 Å². The number of rotatable bonds is 5. The van der Waals surface area contributed by atoms with Crippen LogP contribution in [0.25, 0.3) is 22.4 Å². The fraction of sp³-hybridized carbons (Fsp3) is 0.333. The summed E-state index contributed by atoms with van der Waals surface area (Å²) in [5.41, 5.74) is 6.86. The third-order valence-electron chi connectivity index (χ3n) is 7.86. The molecule has 1 unspecified atom stereocenters. The van der Waals surface area contributed by atoms with Crippen LogP contribution in [-0.2, 0) is 11.2 Å². The molecule has 0 radical (unpaired) electrons. The molecule has 1 saturated carbocycles. The van der Waals surface area contributed by atoms with Gasteiger partial charge in [-0.25, -0.2) is 4.98 Å². The summed E-state index contributed by atoms with van der Waals surface area (Å²) in [7, 11) is 0. The fourth-order valence-electron chi connectivity index (χ4n) is 5.66. The molecule has 1 atom stereocenters. The molecule has 1 aromatic heterocycles. The van der Waals surface area contributed by atoms with E-state index in [-0.39, 0.29) is 12.0 Å². The van der Waals surface area contributed by atoms with E-state index in [4.69, 9.17) is 4.98 Å². The Bertz CT molecular complexity index is 1470. The SMILES string of the molecule is O=C1Nc2ccc(NC3CC3)cc2-c2nc3cc(N4CCC(O)CC4)ccc3n2C1Cc1ccccc1. The summed E-state index contributed by atoms with van der Waals surface area (Å²) in [6.45, 7) is 1.66. The van der Waals surface area contributed by atoms with Crippen molar-refractivity contribution in [3.8, 4) is 11.4 Å². The number of fused-ring (bicyclic) bond motifs is 5. The summed E-state index contributed by atoms with van der Waals surface area (Å²) in [6.07, 6.45) is 4.32. The van der Waals surface area contributed by atoms with Gasteiger partial charge in [0, 0.05) is 42.5 Å². The molecule has 4 aromatic rings. The number of aliphatic hydroxyl groups is 1. The summed E-state index contributed by atoms with van der Waals surface area (Å²) >= 11 is 0. The quantitative estimate of drug-likeness (QED) is 0.366. The molecular weight excluding hydrogens is 462 g/mol. The first-order valence-electron chi connectivity index (χ1n) is 13.3. The predicted molar refractivity (Wildman–Crippen MR) is 147 cm³/mol. The number of aliphatic hydroxyl groups excluding tert-OH is 1. The number of carbonyl (C=O) groups is 1. The largest absolute Gasteiger partial charge is 0.393 e. The molecule has 3 aromatic carbocycles. The normalized spacial score (nSPS) is 19.8. The molecule has 7 rings (SSSR count). The average molecular weight is 494 g/mol. The number of imidazole rings is 1. The van der Waals surface area contributed by atoms with E-state index >= 15 is 0 Å². The van der Waals surface area contributed by atoms with Crippen LogP contribution >= 0.6 is 0 Å². The lowest BCUT2D eigenvalue weighted by Gasteiger charge is -2.31. The minimum Gasteiger partial charge on any atom is -0.393 e. The van der Waals surface area contributed by atoms with Crippen molar-refractivity contribution in [3.63, 3.8) is 0 Å². The summed E-state index contributed by atoms with van der Waals surface area (Å²) < 4.78 is 2.13. The van der Waals surface area contributed by atoms with Gasteiger partial charge >= 0.3 is 0 Å². The average Bonchev–Trinajstić information content (AvgIpc) is 3.67. The molecule has 0 spiro atoms. The molecule has 3 heterocycles. The van der Waals surface area contributed by atoms with E-state index in [1.54, 1.807) is 0 Å². The zero-order valence-electron chi connectivity index (χ0n) is 20.7. The van der Waals surface area contributed by atoms with Crippen LogP contribution in [0.4, 0.5) is 17.1 Å². The van der Waals surface area contributed by atoms with Gasteiger partial charge in [0.1, 0.15) is 11.9 Å². The number of carbonyl (C=O) groups excluding carboxylic acids is 1. The highest BCUT2D eigenvalue weighted by atomic mass is 16.3. The highest BCUT2D eigenvalue weighted by Crippen LogP contribution is 2.40. The lowest BCUT2D eigenvalue weighted by Crippen LogP contribution is -2.35. The van der Waals surface area contributed by atoms with Crippen LogP contribution in [0.15, 0.2) is 66.7 Å². The number of piperidine rings is 1. The van der Waals surface area contributed by atoms with E-state index in [0.717, 1.165) is 71.0 Å². The summed E-state index contributed by atoms with van der Waals surface area (Å²) in [6, 6.07) is 22.8. The third-order valence-corrected chi connectivity index (χ3v) is 7.86. The molecular formula is C30H31N5O2. The van der Waals surface area contributed by atoms with Crippen LogP contribution < -0.4 is 15.5 Å². The molecule has 3 aliphatic rings. The van der Waals surface area contributed by atoms with Gasteiger partial charge in [0.25, 0.3) is 0 Å². The van der Waals surface area contributed by atoms with Gasteiger partial charge in [-0.05, 0) is 67.6 Å². The molecule has 37 heavy (non-hydrogen) atoms. The number of nitrogens with one attached hydrogen (secondary N) is 2. The number of benzene rings is 3. The monoisotopic (exact) mass is 493 g/mol. The van der Waals surface area contributed by atoms with Crippen molar-refractivity contribution in [1.29, 1.82) is 0 Å². The van der Waals surface area contributed by atoms with E-state index in [9.17, 15) is 9.90 Å². The smallest absolute Gasteiger partial charge is 0.247 e. The molecule has 2 aliphatic heterocycles. The summed E-state index contributed by atoms with van der Waals surface area (Å²) in [4.78, 5) is 21.2. The Morgan fingerprint density at radius 3 is 2.57 bits per heavy atom. The lowest BCUT2D eigenvalue weighted by molar-refractivity contribution is -0.119. The zero-order valence-corrected chi connectivity index (χ0v) is 20.7. The van der Waals surface area contributed by atoms with Crippen LogP contribution in [0.1, 0.15) is 37.3 Å². The number of nitrogens with zero attached hydrogens (tertiary/aromatic N) is 3. The van der Waals surface area contributed by atoms with Gasteiger partial charge in [0.15, 0.2) is 0 Å². The molecule has 188 valence electrons. The van der Waals surface area contributed by atoms with Crippen LogP contribution in [0.3, 0.4) is 0 Å². The predicted octanol–water partition coefficient (Wildman–Crippen LogP) is 4.97. The van der Waals surface area contributed by atoms with Crippen LogP contribution in [0.2, 0.25) is 0 Å².